The zero-order valence-electron chi connectivity index (χ0n) is 10.3. The first-order valence-corrected chi connectivity index (χ1v) is 5.87. The molecule has 4 N–H and O–H groups in total. The van der Waals surface area contributed by atoms with E-state index in [0.29, 0.717) is 11.6 Å². The highest BCUT2D eigenvalue weighted by molar-refractivity contribution is 5.81. The molecule has 1 heterocycles. The smallest absolute Gasteiger partial charge is 0.205 e. The number of imidazole rings is 1. The van der Waals surface area contributed by atoms with E-state index in [0.717, 1.165) is 11.0 Å². The number of nitrogen functional groups attached to an aromatic ring is 1. The normalized spacial score (nSPS) is 10.4. The maximum atomic E-state index is 13.8. The van der Waals surface area contributed by atoms with Crippen molar-refractivity contribution in [3.63, 3.8) is 0 Å². The molecule has 0 spiro atoms. The van der Waals surface area contributed by atoms with Gasteiger partial charge in [-0.05, 0) is 36.4 Å². The van der Waals surface area contributed by atoms with Crippen molar-refractivity contribution in [2.24, 2.45) is 0 Å². The Morgan fingerprint density at radius 1 is 1.25 bits per heavy atom. The van der Waals surface area contributed by atoms with Crippen LogP contribution in [-0.2, 0) is 0 Å². The maximum absolute atomic E-state index is 13.8. The number of halogens is 1. The second kappa shape index (κ2) is 4.55. The molecule has 6 heteroatoms. The van der Waals surface area contributed by atoms with Gasteiger partial charge in [0.05, 0.1) is 28.4 Å². The van der Waals surface area contributed by atoms with Crippen LogP contribution < -0.4 is 11.1 Å². The number of anilines is 3. The minimum atomic E-state index is -0.510. The van der Waals surface area contributed by atoms with Crippen LogP contribution in [0.2, 0.25) is 0 Å². The zero-order chi connectivity index (χ0) is 14.1. The average molecular weight is 267 g/mol. The van der Waals surface area contributed by atoms with Crippen molar-refractivity contribution < 1.29 is 4.39 Å². The van der Waals surface area contributed by atoms with Crippen molar-refractivity contribution in [1.29, 1.82) is 5.26 Å². The van der Waals surface area contributed by atoms with Crippen LogP contribution in [0.5, 0.6) is 0 Å². The van der Waals surface area contributed by atoms with Crippen LogP contribution in [0.25, 0.3) is 11.0 Å². The number of hydrogen-bond acceptors (Lipinski definition) is 4. The number of rotatable bonds is 2. The van der Waals surface area contributed by atoms with Gasteiger partial charge in [0.25, 0.3) is 0 Å². The van der Waals surface area contributed by atoms with E-state index < -0.39 is 5.82 Å². The van der Waals surface area contributed by atoms with Crippen molar-refractivity contribution in [2.45, 2.75) is 0 Å². The van der Waals surface area contributed by atoms with Gasteiger partial charge in [-0.1, -0.05) is 0 Å². The van der Waals surface area contributed by atoms with E-state index in [-0.39, 0.29) is 11.3 Å². The van der Waals surface area contributed by atoms with E-state index in [9.17, 15) is 4.39 Å². The molecule has 0 unspecified atom stereocenters. The Bertz CT molecular complexity index is 831. The Balaban J connectivity index is 1.95. The summed E-state index contributed by atoms with van der Waals surface area (Å²) in [5.74, 6) is -0.0989. The highest BCUT2D eigenvalue weighted by Gasteiger charge is 2.07. The topological polar surface area (TPSA) is 90.5 Å². The molecule has 98 valence electrons. The summed E-state index contributed by atoms with van der Waals surface area (Å²) in [5, 5.41) is 11.5. The monoisotopic (exact) mass is 267 g/mol. The number of H-pyrrole nitrogens is 1. The molecule has 0 aliphatic heterocycles. The Hall–Kier alpha value is -3.07. The van der Waals surface area contributed by atoms with Gasteiger partial charge >= 0.3 is 0 Å². The van der Waals surface area contributed by atoms with Crippen LogP contribution in [-0.4, -0.2) is 9.97 Å². The molecule has 0 amide bonds. The summed E-state index contributed by atoms with van der Waals surface area (Å²) in [7, 11) is 0. The van der Waals surface area contributed by atoms with Gasteiger partial charge in [-0.2, -0.15) is 5.26 Å². The first-order chi connectivity index (χ1) is 9.65. The lowest BCUT2D eigenvalue weighted by Crippen LogP contribution is -1.95. The van der Waals surface area contributed by atoms with Gasteiger partial charge in [0.2, 0.25) is 5.95 Å². The lowest BCUT2D eigenvalue weighted by atomic mass is 10.2. The number of benzene rings is 2. The summed E-state index contributed by atoms with van der Waals surface area (Å²) >= 11 is 0. The maximum Gasteiger partial charge on any atom is 0.205 e. The third-order valence-corrected chi connectivity index (χ3v) is 2.86. The van der Waals surface area contributed by atoms with Crippen LogP contribution >= 0.6 is 0 Å². The Kier molecular flexibility index (Phi) is 2.73. The van der Waals surface area contributed by atoms with Crippen LogP contribution in [0.4, 0.5) is 21.7 Å². The summed E-state index contributed by atoms with van der Waals surface area (Å²) in [4.78, 5) is 7.29. The standard InChI is InChI=1S/C14H10FN5/c15-10-5-8(7-16)1-3-11(10)18-14-19-12-4-2-9(17)6-13(12)20-14/h1-6H,17H2,(H2,18,19,20). The van der Waals surface area contributed by atoms with Gasteiger partial charge in [0.15, 0.2) is 0 Å². The van der Waals surface area contributed by atoms with E-state index in [1.54, 1.807) is 18.2 Å². The molecular formula is C14H10FN5. The number of nitrogens with one attached hydrogen (secondary N) is 2. The molecule has 1 aromatic heterocycles. The van der Waals surface area contributed by atoms with Crippen molar-refractivity contribution in [2.75, 3.05) is 11.1 Å². The van der Waals surface area contributed by atoms with Crippen LogP contribution in [0.3, 0.4) is 0 Å². The van der Waals surface area contributed by atoms with Crippen molar-refractivity contribution in [1.82, 2.24) is 9.97 Å². The highest BCUT2D eigenvalue weighted by atomic mass is 19.1. The van der Waals surface area contributed by atoms with Gasteiger partial charge in [-0.3, -0.25) is 0 Å². The Labute approximate surface area is 113 Å². The molecule has 0 fully saturated rings. The highest BCUT2D eigenvalue weighted by Crippen LogP contribution is 2.22. The summed E-state index contributed by atoms with van der Waals surface area (Å²) in [6, 6.07) is 11.4. The third-order valence-electron chi connectivity index (χ3n) is 2.86. The molecule has 0 saturated carbocycles. The van der Waals surface area contributed by atoms with E-state index in [2.05, 4.69) is 15.3 Å². The molecule has 0 bridgehead atoms. The van der Waals surface area contributed by atoms with E-state index >= 15 is 0 Å². The Morgan fingerprint density at radius 3 is 2.85 bits per heavy atom. The predicted octanol–water partition coefficient (Wildman–Crippen LogP) is 2.90. The fourth-order valence-corrected chi connectivity index (χ4v) is 1.90. The van der Waals surface area contributed by atoms with Gasteiger partial charge in [-0.25, -0.2) is 9.37 Å². The minimum Gasteiger partial charge on any atom is -0.399 e. The molecular weight excluding hydrogens is 257 g/mol. The quantitative estimate of drug-likeness (QED) is 0.623. The molecule has 0 aliphatic rings. The van der Waals surface area contributed by atoms with Crippen LogP contribution in [0.1, 0.15) is 5.56 Å². The van der Waals surface area contributed by atoms with Gasteiger partial charge < -0.3 is 16.0 Å². The number of nitrogens with zero attached hydrogens (tertiary/aromatic N) is 2. The van der Waals surface area contributed by atoms with E-state index in [1.807, 2.05) is 6.07 Å². The van der Waals surface area contributed by atoms with Crippen LogP contribution in [0.15, 0.2) is 36.4 Å². The summed E-state index contributed by atoms with van der Waals surface area (Å²) in [6.45, 7) is 0. The average Bonchev–Trinajstić information content (AvgIpc) is 2.82. The molecule has 0 saturated heterocycles. The lowest BCUT2D eigenvalue weighted by Gasteiger charge is -2.03. The second-order valence-electron chi connectivity index (χ2n) is 4.29. The van der Waals surface area contributed by atoms with Gasteiger partial charge in [0, 0.05) is 5.69 Å². The number of nitrogens with two attached hydrogens (primary N) is 1. The van der Waals surface area contributed by atoms with Crippen molar-refractivity contribution in [3.8, 4) is 6.07 Å². The van der Waals surface area contributed by atoms with Crippen molar-refractivity contribution in [3.05, 3.63) is 47.8 Å². The molecule has 20 heavy (non-hydrogen) atoms. The van der Waals surface area contributed by atoms with E-state index in [4.69, 9.17) is 11.0 Å². The van der Waals surface area contributed by atoms with E-state index in [1.165, 1.54) is 18.2 Å². The largest absolute Gasteiger partial charge is 0.399 e. The third kappa shape index (κ3) is 2.12. The molecule has 2 aromatic carbocycles. The SMILES string of the molecule is N#Cc1ccc(Nc2nc3ccc(N)cc3[nH]2)c(F)c1. The first kappa shape index (κ1) is 12.0. The second-order valence-corrected chi connectivity index (χ2v) is 4.29. The molecule has 0 radical (unpaired) electrons. The summed E-state index contributed by atoms with van der Waals surface area (Å²) in [5.41, 5.74) is 8.32. The van der Waals surface area contributed by atoms with Crippen molar-refractivity contribution >= 4 is 28.4 Å². The molecule has 0 aliphatic carbocycles. The van der Waals surface area contributed by atoms with Crippen LogP contribution in [0, 0.1) is 17.1 Å². The first-order valence-electron chi connectivity index (χ1n) is 5.87. The Morgan fingerprint density at radius 2 is 2.10 bits per heavy atom. The zero-order valence-corrected chi connectivity index (χ0v) is 10.3. The number of hydrogen-bond donors (Lipinski definition) is 3. The predicted molar refractivity (Wildman–Crippen MR) is 74.9 cm³/mol. The summed E-state index contributed by atoms with van der Waals surface area (Å²) in [6.07, 6.45) is 0. The number of aromatic nitrogens is 2. The fraction of sp³-hybridized carbons (Fsp3) is 0. The lowest BCUT2D eigenvalue weighted by molar-refractivity contribution is 0.631. The fourth-order valence-electron chi connectivity index (χ4n) is 1.90. The number of fused-ring (bicyclic) bond motifs is 1. The molecule has 5 nitrogen and oxygen atoms in total. The molecule has 3 rings (SSSR count). The number of nitriles is 1. The molecule has 3 aromatic rings. The van der Waals surface area contributed by atoms with Gasteiger partial charge in [0.1, 0.15) is 5.82 Å². The summed E-state index contributed by atoms with van der Waals surface area (Å²) < 4.78 is 13.8. The minimum absolute atomic E-state index is 0.246. The van der Waals surface area contributed by atoms with Gasteiger partial charge in [-0.15, -0.1) is 0 Å². The molecule has 0 atom stereocenters. The number of aromatic amines is 1.